The Labute approximate surface area is 134 Å². The number of benzene rings is 1. The van der Waals surface area contributed by atoms with Crippen molar-refractivity contribution in [3.8, 4) is 0 Å². The van der Waals surface area contributed by atoms with Crippen molar-refractivity contribution in [3.05, 3.63) is 28.8 Å². The standard InChI is InChI=1S/C18H31P.ClH/c1-16(2,3)12-10-13(17(4,5)6)15(19)14(11-12)18(7,8)9;/h10-11H,19H2,1-9H3;1H. The van der Waals surface area contributed by atoms with Gasteiger partial charge in [0.1, 0.15) is 0 Å². The van der Waals surface area contributed by atoms with Crippen molar-refractivity contribution < 1.29 is 0 Å². The molecule has 0 heterocycles. The molecule has 116 valence electrons. The fourth-order valence-corrected chi connectivity index (χ4v) is 3.36. The van der Waals surface area contributed by atoms with E-state index >= 15 is 0 Å². The van der Waals surface area contributed by atoms with E-state index in [-0.39, 0.29) is 28.7 Å². The van der Waals surface area contributed by atoms with E-state index in [1.54, 1.807) is 0 Å². The van der Waals surface area contributed by atoms with Crippen LogP contribution in [0.1, 0.15) is 79.0 Å². The Morgan fingerprint density at radius 2 is 0.950 bits per heavy atom. The van der Waals surface area contributed by atoms with Gasteiger partial charge in [-0.15, -0.1) is 21.6 Å². The van der Waals surface area contributed by atoms with Gasteiger partial charge >= 0.3 is 0 Å². The van der Waals surface area contributed by atoms with Crippen LogP contribution in [0.3, 0.4) is 0 Å². The van der Waals surface area contributed by atoms with Crippen molar-refractivity contribution in [1.82, 2.24) is 0 Å². The summed E-state index contributed by atoms with van der Waals surface area (Å²) in [5.74, 6) is 0. The molecule has 0 aromatic heterocycles. The van der Waals surface area contributed by atoms with E-state index in [2.05, 4.69) is 83.7 Å². The summed E-state index contributed by atoms with van der Waals surface area (Å²) < 4.78 is 0. The SMILES string of the molecule is CC(C)(C)c1cc(C(C)(C)C)c(P)c(C(C)(C)C)c1.Cl. The van der Waals surface area contributed by atoms with Gasteiger partial charge in [-0.3, -0.25) is 0 Å². The van der Waals surface area contributed by atoms with Crippen LogP contribution in [0.2, 0.25) is 0 Å². The third-order valence-corrected chi connectivity index (χ3v) is 4.28. The monoisotopic (exact) mass is 314 g/mol. The number of rotatable bonds is 0. The minimum atomic E-state index is 0. The zero-order valence-corrected chi connectivity index (χ0v) is 16.6. The zero-order valence-electron chi connectivity index (χ0n) is 14.6. The lowest BCUT2D eigenvalue weighted by Gasteiger charge is -2.32. The van der Waals surface area contributed by atoms with Gasteiger partial charge in [0, 0.05) is 0 Å². The highest BCUT2D eigenvalue weighted by atomic mass is 35.5. The molecule has 1 atom stereocenters. The fourth-order valence-electron chi connectivity index (χ4n) is 2.33. The van der Waals surface area contributed by atoms with Gasteiger partial charge in [0.05, 0.1) is 0 Å². The maximum atomic E-state index is 2.98. The molecule has 20 heavy (non-hydrogen) atoms. The van der Waals surface area contributed by atoms with E-state index < -0.39 is 0 Å². The Hall–Kier alpha value is -0.0600. The Bertz CT molecular complexity index is 433. The van der Waals surface area contributed by atoms with Gasteiger partial charge in [0.15, 0.2) is 0 Å². The molecule has 1 rings (SSSR count). The van der Waals surface area contributed by atoms with E-state index in [4.69, 9.17) is 0 Å². The smallest absolute Gasteiger partial charge is 0.0126 e. The maximum Gasteiger partial charge on any atom is -0.0126 e. The molecule has 2 heteroatoms. The van der Waals surface area contributed by atoms with Crippen molar-refractivity contribution in [2.45, 2.75) is 78.6 Å². The Morgan fingerprint density at radius 3 is 1.15 bits per heavy atom. The molecule has 0 nitrogen and oxygen atoms in total. The van der Waals surface area contributed by atoms with Crippen molar-refractivity contribution >= 4 is 27.0 Å². The first-order valence-electron chi connectivity index (χ1n) is 7.19. The van der Waals surface area contributed by atoms with E-state index in [9.17, 15) is 0 Å². The largest absolute Gasteiger partial charge is 0.147 e. The second-order valence-electron chi connectivity index (χ2n) is 8.74. The molecule has 0 aliphatic carbocycles. The van der Waals surface area contributed by atoms with E-state index in [0.717, 1.165) is 0 Å². The topological polar surface area (TPSA) is 0 Å². The average Bonchev–Trinajstić information content (AvgIpc) is 2.11. The van der Waals surface area contributed by atoms with E-state index in [0.29, 0.717) is 0 Å². The Kier molecular flexibility index (Phi) is 5.96. The summed E-state index contributed by atoms with van der Waals surface area (Å²) in [7, 11) is 2.98. The predicted molar refractivity (Wildman–Crippen MR) is 99.1 cm³/mol. The van der Waals surface area contributed by atoms with Gasteiger partial charge in [0.25, 0.3) is 0 Å². The van der Waals surface area contributed by atoms with Gasteiger partial charge < -0.3 is 0 Å². The summed E-state index contributed by atoms with van der Waals surface area (Å²) in [6, 6.07) is 4.80. The highest BCUT2D eigenvalue weighted by Crippen LogP contribution is 2.34. The van der Waals surface area contributed by atoms with Gasteiger partial charge in [-0.1, -0.05) is 74.4 Å². The molecule has 0 saturated carbocycles. The van der Waals surface area contributed by atoms with Crippen molar-refractivity contribution in [2.24, 2.45) is 0 Å². The van der Waals surface area contributed by atoms with Gasteiger partial charge in [-0.2, -0.15) is 0 Å². The summed E-state index contributed by atoms with van der Waals surface area (Å²) in [6.45, 7) is 20.7. The maximum absolute atomic E-state index is 2.98. The van der Waals surface area contributed by atoms with Crippen LogP contribution in [0.4, 0.5) is 0 Å². The number of halogens is 1. The van der Waals surface area contributed by atoms with Crippen molar-refractivity contribution in [3.63, 3.8) is 0 Å². The third kappa shape index (κ3) is 4.47. The fraction of sp³-hybridized carbons (Fsp3) is 0.667. The van der Waals surface area contributed by atoms with Crippen LogP contribution in [0, 0.1) is 0 Å². The lowest BCUT2D eigenvalue weighted by molar-refractivity contribution is 0.554. The summed E-state index contributed by atoms with van der Waals surface area (Å²) in [5.41, 5.74) is 4.90. The Balaban J connectivity index is 0.00000361. The molecule has 1 aromatic carbocycles. The number of hydrogen-bond acceptors (Lipinski definition) is 0. The molecule has 1 unspecified atom stereocenters. The number of hydrogen-bond donors (Lipinski definition) is 0. The lowest BCUT2D eigenvalue weighted by atomic mass is 9.75. The predicted octanol–water partition coefficient (Wildman–Crippen LogP) is 5.50. The minimum absolute atomic E-state index is 0. The molecule has 0 fully saturated rings. The van der Waals surface area contributed by atoms with Gasteiger partial charge in [-0.05, 0) is 38.2 Å². The summed E-state index contributed by atoms with van der Waals surface area (Å²) in [4.78, 5) is 0. The van der Waals surface area contributed by atoms with Crippen LogP contribution in [-0.2, 0) is 16.2 Å². The van der Waals surface area contributed by atoms with Crippen molar-refractivity contribution in [1.29, 1.82) is 0 Å². The van der Waals surface area contributed by atoms with Crippen LogP contribution in [-0.4, -0.2) is 0 Å². The molecule has 0 amide bonds. The summed E-state index contributed by atoms with van der Waals surface area (Å²) in [6.07, 6.45) is 0. The average molecular weight is 315 g/mol. The molecule has 0 aliphatic rings. The third-order valence-electron chi connectivity index (χ3n) is 3.66. The molecule has 0 aliphatic heterocycles. The molecule has 0 saturated heterocycles. The highest BCUT2D eigenvalue weighted by Gasteiger charge is 2.27. The first kappa shape index (κ1) is 19.9. The first-order valence-corrected chi connectivity index (χ1v) is 7.77. The van der Waals surface area contributed by atoms with Crippen molar-refractivity contribution in [2.75, 3.05) is 0 Å². The quantitative estimate of drug-likeness (QED) is 0.555. The second-order valence-corrected chi connectivity index (χ2v) is 9.31. The zero-order chi connectivity index (χ0) is 15.2. The van der Waals surface area contributed by atoms with Crippen LogP contribution < -0.4 is 5.30 Å². The molecule has 0 bridgehead atoms. The van der Waals surface area contributed by atoms with Gasteiger partial charge in [-0.25, -0.2) is 0 Å². The minimum Gasteiger partial charge on any atom is -0.147 e. The second kappa shape index (κ2) is 5.98. The Morgan fingerprint density at radius 1 is 0.650 bits per heavy atom. The normalized spacial score (nSPS) is 13.1. The first-order chi connectivity index (χ1) is 8.24. The van der Waals surface area contributed by atoms with E-state index in [1.807, 2.05) is 0 Å². The van der Waals surface area contributed by atoms with Crippen LogP contribution in [0.25, 0.3) is 0 Å². The van der Waals surface area contributed by atoms with E-state index in [1.165, 1.54) is 22.0 Å². The molecular formula is C18H32ClP. The highest BCUT2D eigenvalue weighted by molar-refractivity contribution is 7.27. The van der Waals surface area contributed by atoms with Crippen LogP contribution in [0.15, 0.2) is 12.1 Å². The van der Waals surface area contributed by atoms with Gasteiger partial charge in [0.2, 0.25) is 0 Å². The lowest BCUT2D eigenvalue weighted by Crippen LogP contribution is -2.29. The molecular weight excluding hydrogens is 283 g/mol. The summed E-state index contributed by atoms with van der Waals surface area (Å²) >= 11 is 0. The van der Waals surface area contributed by atoms with Crippen LogP contribution in [0.5, 0.6) is 0 Å². The van der Waals surface area contributed by atoms with Crippen LogP contribution >= 0.6 is 21.6 Å². The molecule has 1 aromatic rings. The molecule has 0 N–H and O–H groups in total. The molecule has 0 spiro atoms. The summed E-state index contributed by atoms with van der Waals surface area (Å²) in [5, 5.41) is 1.38. The molecule has 0 radical (unpaired) electrons.